The summed E-state index contributed by atoms with van der Waals surface area (Å²) in [6, 6.07) is 8.29. The van der Waals surface area contributed by atoms with Gasteiger partial charge in [-0.15, -0.1) is 0 Å². The summed E-state index contributed by atoms with van der Waals surface area (Å²) in [5.74, 6) is 1.69. The number of rotatable bonds is 3. The van der Waals surface area contributed by atoms with Crippen molar-refractivity contribution in [3.8, 4) is 5.75 Å². The van der Waals surface area contributed by atoms with Gasteiger partial charge in [-0.2, -0.15) is 0 Å². The maximum Gasteiger partial charge on any atom is 0.227 e. The van der Waals surface area contributed by atoms with Crippen LogP contribution in [0.3, 0.4) is 0 Å². The molecule has 2 aliphatic rings. The molecule has 2 fully saturated rings. The highest BCUT2D eigenvalue weighted by Crippen LogP contribution is 2.25. The molecule has 1 aromatic carbocycles. The molecule has 2 aliphatic heterocycles. The minimum atomic E-state index is 0.231. The smallest absolute Gasteiger partial charge is 0.227 e. The number of benzene rings is 1. The van der Waals surface area contributed by atoms with Crippen LogP contribution in [0.15, 0.2) is 24.3 Å². The summed E-state index contributed by atoms with van der Waals surface area (Å²) in [7, 11) is 1.65. The van der Waals surface area contributed by atoms with Gasteiger partial charge in [-0.1, -0.05) is 12.1 Å². The molecule has 4 heteroatoms. The quantitative estimate of drug-likeness (QED) is 0.907. The van der Waals surface area contributed by atoms with Crippen LogP contribution in [0.5, 0.6) is 5.75 Å². The van der Waals surface area contributed by atoms with Crippen LogP contribution in [0.2, 0.25) is 0 Å². The van der Waals surface area contributed by atoms with Gasteiger partial charge in [-0.05, 0) is 43.0 Å². The number of amides is 1. The largest absolute Gasteiger partial charge is 0.497 e. The summed E-state index contributed by atoms with van der Waals surface area (Å²) >= 11 is 0. The van der Waals surface area contributed by atoms with Crippen molar-refractivity contribution in [2.75, 3.05) is 26.7 Å². The maximum atomic E-state index is 12.4. The maximum absolute atomic E-state index is 12.4. The van der Waals surface area contributed by atoms with Crippen molar-refractivity contribution in [3.63, 3.8) is 0 Å². The molecule has 0 radical (unpaired) electrons. The first-order valence-electron chi connectivity index (χ1n) is 7.40. The van der Waals surface area contributed by atoms with Crippen molar-refractivity contribution in [3.05, 3.63) is 29.8 Å². The summed E-state index contributed by atoms with van der Waals surface area (Å²) in [5.41, 5.74) is 1.03. The van der Waals surface area contributed by atoms with Gasteiger partial charge in [0, 0.05) is 19.1 Å². The third kappa shape index (κ3) is 2.80. The van der Waals surface area contributed by atoms with Crippen molar-refractivity contribution < 1.29 is 9.53 Å². The normalized spacial score (nSPS) is 25.4. The minimum Gasteiger partial charge on any atom is -0.497 e. The van der Waals surface area contributed by atoms with Crippen LogP contribution in [0.4, 0.5) is 0 Å². The van der Waals surface area contributed by atoms with E-state index in [2.05, 4.69) is 5.32 Å². The van der Waals surface area contributed by atoms with Gasteiger partial charge >= 0.3 is 0 Å². The fourth-order valence-corrected chi connectivity index (χ4v) is 3.32. The summed E-state index contributed by atoms with van der Waals surface area (Å²) in [6.45, 7) is 2.88. The number of piperidine rings is 1. The SMILES string of the molecule is COc1cccc(CC(=O)N2C[C@@H]3CCCN[C@@H]3C2)c1. The number of hydrogen-bond donors (Lipinski definition) is 1. The lowest BCUT2D eigenvalue weighted by atomic mass is 9.94. The van der Waals surface area contributed by atoms with E-state index in [1.165, 1.54) is 12.8 Å². The highest BCUT2D eigenvalue weighted by molar-refractivity contribution is 5.79. The van der Waals surface area contributed by atoms with Crippen LogP contribution in [0.1, 0.15) is 18.4 Å². The predicted octanol–water partition coefficient (Wildman–Crippen LogP) is 1.45. The monoisotopic (exact) mass is 274 g/mol. The molecule has 0 spiro atoms. The van der Waals surface area contributed by atoms with Crippen molar-refractivity contribution in [2.45, 2.75) is 25.3 Å². The molecule has 108 valence electrons. The van der Waals surface area contributed by atoms with E-state index in [1.54, 1.807) is 7.11 Å². The summed E-state index contributed by atoms with van der Waals surface area (Å²) in [4.78, 5) is 14.4. The van der Waals surface area contributed by atoms with Crippen molar-refractivity contribution >= 4 is 5.91 Å². The van der Waals surface area contributed by atoms with E-state index in [4.69, 9.17) is 4.74 Å². The van der Waals surface area contributed by atoms with Crippen LogP contribution in [-0.4, -0.2) is 43.6 Å². The van der Waals surface area contributed by atoms with E-state index in [1.807, 2.05) is 29.2 Å². The van der Waals surface area contributed by atoms with Crippen LogP contribution < -0.4 is 10.1 Å². The first kappa shape index (κ1) is 13.4. The molecule has 2 atom stereocenters. The highest BCUT2D eigenvalue weighted by Gasteiger charge is 2.36. The van der Waals surface area contributed by atoms with Gasteiger partial charge < -0.3 is 15.0 Å². The van der Waals surface area contributed by atoms with E-state index in [0.717, 1.165) is 30.9 Å². The van der Waals surface area contributed by atoms with Gasteiger partial charge in [-0.25, -0.2) is 0 Å². The van der Waals surface area contributed by atoms with Gasteiger partial charge in [-0.3, -0.25) is 4.79 Å². The lowest BCUT2D eigenvalue weighted by Gasteiger charge is -2.24. The Hall–Kier alpha value is -1.55. The fourth-order valence-electron chi connectivity index (χ4n) is 3.32. The molecule has 0 bridgehead atoms. The van der Waals surface area contributed by atoms with Crippen LogP contribution >= 0.6 is 0 Å². The van der Waals surface area contributed by atoms with Crippen molar-refractivity contribution in [2.24, 2.45) is 5.92 Å². The minimum absolute atomic E-state index is 0.231. The number of likely N-dealkylation sites (tertiary alicyclic amines) is 1. The van der Waals surface area contributed by atoms with Gasteiger partial charge in [0.05, 0.1) is 13.5 Å². The first-order valence-corrected chi connectivity index (χ1v) is 7.40. The van der Waals surface area contributed by atoms with Gasteiger partial charge in [0.25, 0.3) is 0 Å². The Kier molecular flexibility index (Phi) is 3.92. The molecular weight excluding hydrogens is 252 g/mol. The van der Waals surface area contributed by atoms with Crippen LogP contribution in [0.25, 0.3) is 0 Å². The van der Waals surface area contributed by atoms with Crippen LogP contribution in [-0.2, 0) is 11.2 Å². The third-order valence-corrected chi connectivity index (χ3v) is 4.44. The molecule has 0 aliphatic carbocycles. The molecule has 2 heterocycles. The first-order chi connectivity index (χ1) is 9.76. The molecule has 0 aromatic heterocycles. The number of nitrogens with zero attached hydrogens (tertiary/aromatic N) is 1. The molecule has 0 unspecified atom stereocenters. The Morgan fingerprint density at radius 3 is 3.15 bits per heavy atom. The molecule has 20 heavy (non-hydrogen) atoms. The van der Waals surface area contributed by atoms with E-state index in [9.17, 15) is 4.79 Å². The van der Waals surface area contributed by atoms with E-state index in [-0.39, 0.29) is 5.91 Å². The van der Waals surface area contributed by atoms with Gasteiger partial charge in [0.1, 0.15) is 5.75 Å². The molecule has 1 aromatic rings. The standard InChI is InChI=1S/C16H22N2O2/c1-20-14-6-2-4-12(8-14)9-16(19)18-10-13-5-3-7-17-15(13)11-18/h2,4,6,8,13,15,17H,3,5,7,9-11H2,1H3/t13-,15+/m0/s1. The second-order valence-electron chi connectivity index (χ2n) is 5.79. The zero-order chi connectivity index (χ0) is 13.9. The Labute approximate surface area is 120 Å². The van der Waals surface area contributed by atoms with Gasteiger partial charge in [0.15, 0.2) is 0 Å². The summed E-state index contributed by atoms with van der Waals surface area (Å²) in [6.07, 6.45) is 2.95. The van der Waals surface area contributed by atoms with E-state index in [0.29, 0.717) is 18.4 Å². The second kappa shape index (κ2) is 5.83. The lowest BCUT2D eigenvalue weighted by molar-refractivity contribution is -0.129. The number of ether oxygens (including phenoxy) is 1. The third-order valence-electron chi connectivity index (χ3n) is 4.44. The molecule has 1 amide bonds. The second-order valence-corrected chi connectivity index (χ2v) is 5.79. The molecule has 3 rings (SSSR count). The summed E-state index contributed by atoms with van der Waals surface area (Å²) in [5, 5.41) is 3.53. The molecule has 0 saturated carbocycles. The molecular formula is C16H22N2O2. The number of carbonyl (C=O) groups excluding carboxylic acids is 1. The molecule has 1 N–H and O–H groups in total. The fraction of sp³-hybridized carbons (Fsp3) is 0.562. The summed E-state index contributed by atoms with van der Waals surface area (Å²) < 4.78 is 5.20. The van der Waals surface area contributed by atoms with Crippen molar-refractivity contribution in [1.29, 1.82) is 0 Å². The Morgan fingerprint density at radius 2 is 2.35 bits per heavy atom. The Morgan fingerprint density at radius 1 is 1.45 bits per heavy atom. The Bertz CT molecular complexity index is 475. The van der Waals surface area contributed by atoms with E-state index >= 15 is 0 Å². The zero-order valence-electron chi connectivity index (χ0n) is 12.0. The van der Waals surface area contributed by atoms with Crippen molar-refractivity contribution in [1.82, 2.24) is 10.2 Å². The number of methoxy groups -OCH3 is 1. The zero-order valence-corrected chi connectivity index (χ0v) is 12.0. The highest BCUT2D eigenvalue weighted by atomic mass is 16.5. The average molecular weight is 274 g/mol. The number of carbonyl (C=O) groups is 1. The number of hydrogen-bond acceptors (Lipinski definition) is 3. The molecule has 4 nitrogen and oxygen atoms in total. The number of nitrogens with one attached hydrogen (secondary N) is 1. The topological polar surface area (TPSA) is 41.6 Å². The lowest BCUT2D eigenvalue weighted by Crippen LogP contribution is -2.41. The van der Waals surface area contributed by atoms with Gasteiger partial charge in [0.2, 0.25) is 5.91 Å². The predicted molar refractivity (Wildman–Crippen MR) is 77.8 cm³/mol. The Balaban J connectivity index is 1.61. The number of fused-ring (bicyclic) bond motifs is 1. The average Bonchev–Trinajstić information content (AvgIpc) is 2.91. The van der Waals surface area contributed by atoms with Crippen LogP contribution in [0, 0.1) is 5.92 Å². The molecule has 2 saturated heterocycles. The van der Waals surface area contributed by atoms with E-state index < -0.39 is 0 Å².